The van der Waals surface area contributed by atoms with Crippen LogP contribution >= 0.6 is 15.9 Å². The lowest BCUT2D eigenvalue weighted by atomic mass is 10.2. The summed E-state index contributed by atoms with van der Waals surface area (Å²) in [6.45, 7) is 0. The van der Waals surface area contributed by atoms with E-state index in [0.717, 1.165) is 10.2 Å². The minimum absolute atomic E-state index is 0.190. The van der Waals surface area contributed by atoms with Crippen molar-refractivity contribution in [3.05, 3.63) is 46.7 Å². The fourth-order valence-electron chi connectivity index (χ4n) is 1.54. The van der Waals surface area contributed by atoms with E-state index in [1.165, 1.54) is 13.2 Å². The van der Waals surface area contributed by atoms with Crippen LogP contribution in [0.3, 0.4) is 0 Å². The zero-order valence-corrected chi connectivity index (χ0v) is 11.3. The van der Waals surface area contributed by atoms with Gasteiger partial charge in [-0.05, 0) is 30.3 Å². The highest BCUT2D eigenvalue weighted by Gasteiger charge is 2.05. The van der Waals surface area contributed by atoms with Crippen molar-refractivity contribution in [3.8, 4) is 5.75 Å². The summed E-state index contributed by atoms with van der Waals surface area (Å²) in [5.41, 5.74) is 7.94. The number of nitrogen functional groups attached to an aromatic ring is 1. The van der Waals surface area contributed by atoms with Gasteiger partial charge in [-0.25, -0.2) is 4.39 Å². The minimum Gasteiger partial charge on any atom is -0.494 e. The molecule has 94 valence electrons. The zero-order valence-electron chi connectivity index (χ0n) is 9.71. The normalized spacial score (nSPS) is 10.2. The van der Waals surface area contributed by atoms with E-state index in [1.54, 1.807) is 18.2 Å². The standard InChI is InChI=1S/C13H12BrFN2O/c1-18-13-7-9(3-4-10(13)15)17-12-5-2-8(14)6-11(12)16/h2-7,17H,16H2,1H3. The molecule has 2 aromatic carbocycles. The maximum absolute atomic E-state index is 13.3. The molecule has 0 aliphatic heterocycles. The summed E-state index contributed by atoms with van der Waals surface area (Å²) in [5, 5.41) is 3.11. The summed E-state index contributed by atoms with van der Waals surface area (Å²) in [7, 11) is 1.43. The van der Waals surface area contributed by atoms with Crippen molar-refractivity contribution in [2.24, 2.45) is 0 Å². The number of methoxy groups -OCH3 is 1. The van der Waals surface area contributed by atoms with Crippen molar-refractivity contribution in [2.75, 3.05) is 18.2 Å². The Morgan fingerprint density at radius 3 is 2.67 bits per heavy atom. The number of halogens is 2. The predicted molar refractivity (Wildman–Crippen MR) is 74.8 cm³/mol. The maximum atomic E-state index is 13.3. The quantitative estimate of drug-likeness (QED) is 0.845. The molecule has 2 aromatic rings. The van der Waals surface area contributed by atoms with Gasteiger partial charge in [-0.3, -0.25) is 0 Å². The highest BCUT2D eigenvalue weighted by atomic mass is 79.9. The summed E-state index contributed by atoms with van der Waals surface area (Å²) in [4.78, 5) is 0. The van der Waals surface area contributed by atoms with E-state index < -0.39 is 5.82 Å². The molecular formula is C13H12BrFN2O. The Hall–Kier alpha value is -1.75. The highest BCUT2D eigenvalue weighted by molar-refractivity contribution is 9.10. The van der Waals surface area contributed by atoms with Crippen LogP contribution in [0, 0.1) is 5.82 Å². The fraction of sp³-hybridized carbons (Fsp3) is 0.0769. The fourth-order valence-corrected chi connectivity index (χ4v) is 1.92. The number of hydrogen-bond donors (Lipinski definition) is 2. The predicted octanol–water partition coefficient (Wildman–Crippen LogP) is 3.92. The Morgan fingerprint density at radius 1 is 1.22 bits per heavy atom. The average Bonchev–Trinajstić information content (AvgIpc) is 2.35. The maximum Gasteiger partial charge on any atom is 0.165 e. The molecule has 3 nitrogen and oxygen atoms in total. The number of anilines is 3. The van der Waals surface area contributed by atoms with Gasteiger partial charge in [0.15, 0.2) is 11.6 Å². The Kier molecular flexibility index (Phi) is 3.72. The molecule has 0 bridgehead atoms. The number of ether oxygens (including phenoxy) is 1. The zero-order chi connectivity index (χ0) is 13.1. The van der Waals surface area contributed by atoms with Crippen LogP contribution in [-0.4, -0.2) is 7.11 Å². The monoisotopic (exact) mass is 310 g/mol. The van der Waals surface area contributed by atoms with Crippen LogP contribution in [0.1, 0.15) is 0 Å². The smallest absolute Gasteiger partial charge is 0.165 e. The third-order valence-electron chi connectivity index (χ3n) is 2.44. The summed E-state index contributed by atoms with van der Waals surface area (Å²) in [5.74, 6) is -0.206. The molecule has 5 heteroatoms. The van der Waals surface area contributed by atoms with Gasteiger partial charge in [-0.15, -0.1) is 0 Å². The third kappa shape index (κ3) is 2.73. The molecule has 0 aromatic heterocycles. The Balaban J connectivity index is 2.28. The van der Waals surface area contributed by atoms with Gasteiger partial charge in [0.05, 0.1) is 18.5 Å². The Bertz CT molecular complexity index is 575. The molecule has 0 unspecified atom stereocenters. The van der Waals surface area contributed by atoms with Crippen molar-refractivity contribution in [1.82, 2.24) is 0 Å². The van der Waals surface area contributed by atoms with Crippen molar-refractivity contribution < 1.29 is 9.13 Å². The van der Waals surface area contributed by atoms with Gasteiger partial charge >= 0.3 is 0 Å². The van der Waals surface area contributed by atoms with E-state index in [-0.39, 0.29) is 5.75 Å². The summed E-state index contributed by atoms with van der Waals surface area (Å²) >= 11 is 3.34. The molecule has 0 saturated heterocycles. The second-order valence-electron chi connectivity index (χ2n) is 3.71. The molecule has 2 rings (SSSR count). The number of benzene rings is 2. The molecular weight excluding hydrogens is 299 g/mol. The molecule has 18 heavy (non-hydrogen) atoms. The van der Waals surface area contributed by atoms with Crippen LogP contribution in [0.5, 0.6) is 5.75 Å². The van der Waals surface area contributed by atoms with Crippen LogP contribution in [0.2, 0.25) is 0 Å². The largest absolute Gasteiger partial charge is 0.494 e. The third-order valence-corrected chi connectivity index (χ3v) is 2.94. The lowest BCUT2D eigenvalue weighted by Gasteiger charge is -2.11. The van der Waals surface area contributed by atoms with Gasteiger partial charge in [0, 0.05) is 16.2 Å². The number of rotatable bonds is 3. The van der Waals surface area contributed by atoms with E-state index >= 15 is 0 Å². The van der Waals surface area contributed by atoms with Gasteiger partial charge < -0.3 is 15.8 Å². The summed E-state index contributed by atoms with van der Waals surface area (Å²) in [6.07, 6.45) is 0. The topological polar surface area (TPSA) is 47.3 Å². The van der Waals surface area contributed by atoms with Gasteiger partial charge in [0.2, 0.25) is 0 Å². The van der Waals surface area contributed by atoms with Crippen molar-refractivity contribution >= 4 is 33.0 Å². The summed E-state index contributed by atoms with van der Waals surface area (Å²) < 4.78 is 19.1. The first-order valence-corrected chi connectivity index (χ1v) is 6.05. The van der Waals surface area contributed by atoms with E-state index in [9.17, 15) is 4.39 Å². The van der Waals surface area contributed by atoms with Crippen LogP contribution < -0.4 is 15.8 Å². The molecule has 0 aliphatic carbocycles. The van der Waals surface area contributed by atoms with Crippen molar-refractivity contribution in [1.29, 1.82) is 0 Å². The minimum atomic E-state index is -0.396. The van der Waals surface area contributed by atoms with Crippen LogP contribution in [0.4, 0.5) is 21.5 Å². The van der Waals surface area contributed by atoms with Gasteiger partial charge in [0.25, 0.3) is 0 Å². The molecule has 0 fully saturated rings. The van der Waals surface area contributed by atoms with Crippen molar-refractivity contribution in [2.45, 2.75) is 0 Å². The van der Waals surface area contributed by atoms with Crippen LogP contribution in [0.15, 0.2) is 40.9 Å². The van der Waals surface area contributed by atoms with E-state index in [0.29, 0.717) is 11.4 Å². The summed E-state index contributed by atoms with van der Waals surface area (Å²) in [6, 6.07) is 10.1. The van der Waals surface area contributed by atoms with Gasteiger partial charge in [-0.1, -0.05) is 15.9 Å². The molecule has 0 amide bonds. The van der Waals surface area contributed by atoms with Crippen LogP contribution in [0.25, 0.3) is 0 Å². The molecule has 0 saturated carbocycles. The van der Waals surface area contributed by atoms with Gasteiger partial charge in [0.1, 0.15) is 0 Å². The second kappa shape index (κ2) is 5.27. The van der Waals surface area contributed by atoms with Crippen LogP contribution in [-0.2, 0) is 0 Å². The molecule has 0 radical (unpaired) electrons. The van der Waals surface area contributed by atoms with E-state index in [4.69, 9.17) is 10.5 Å². The molecule has 0 spiro atoms. The number of nitrogens with two attached hydrogens (primary N) is 1. The lowest BCUT2D eigenvalue weighted by Crippen LogP contribution is -1.97. The Morgan fingerprint density at radius 2 is 2.00 bits per heavy atom. The number of hydrogen-bond acceptors (Lipinski definition) is 3. The second-order valence-corrected chi connectivity index (χ2v) is 4.62. The Labute approximate surface area is 113 Å². The first-order valence-electron chi connectivity index (χ1n) is 5.26. The molecule has 0 atom stereocenters. The first-order chi connectivity index (χ1) is 8.60. The van der Waals surface area contributed by atoms with E-state index in [2.05, 4.69) is 21.2 Å². The van der Waals surface area contributed by atoms with Crippen molar-refractivity contribution in [3.63, 3.8) is 0 Å². The average molecular weight is 311 g/mol. The highest BCUT2D eigenvalue weighted by Crippen LogP contribution is 2.28. The first kappa shape index (κ1) is 12.7. The SMILES string of the molecule is COc1cc(Nc2ccc(Br)cc2N)ccc1F. The molecule has 0 aliphatic rings. The molecule has 0 heterocycles. The van der Waals surface area contributed by atoms with E-state index in [1.807, 2.05) is 12.1 Å². The van der Waals surface area contributed by atoms with Gasteiger partial charge in [-0.2, -0.15) is 0 Å². The number of nitrogens with one attached hydrogen (secondary N) is 1. The molecule has 3 N–H and O–H groups in total. The lowest BCUT2D eigenvalue weighted by molar-refractivity contribution is 0.387.